The summed E-state index contributed by atoms with van der Waals surface area (Å²) in [6.07, 6.45) is -2.58. The van der Waals surface area contributed by atoms with E-state index < -0.39 is 24.3 Å². The van der Waals surface area contributed by atoms with Gasteiger partial charge >= 0.3 is 12.3 Å². The van der Waals surface area contributed by atoms with Crippen molar-refractivity contribution in [3.05, 3.63) is 0 Å². The summed E-state index contributed by atoms with van der Waals surface area (Å²) in [4.78, 5) is 15.6. The summed E-state index contributed by atoms with van der Waals surface area (Å²) in [7, 11) is 0. The Morgan fingerprint density at radius 3 is 2.08 bits per heavy atom. The fourth-order valence-electron chi connectivity index (χ4n) is 3.08. The molecule has 2 N–H and O–H groups in total. The minimum Gasteiger partial charge on any atom is -0.381 e. The maximum atomic E-state index is 13.1. The number of carbonyl (C=O) groups is 1. The number of amides is 1. The lowest BCUT2D eigenvalue weighted by Crippen LogP contribution is -2.57. The Hall–Kier alpha value is -0.350. The van der Waals surface area contributed by atoms with Gasteiger partial charge in [-0.3, -0.25) is 9.69 Å². The van der Waals surface area contributed by atoms with E-state index in [2.05, 4.69) is 0 Å². The van der Waals surface area contributed by atoms with Crippen molar-refractivity contribution in [3.8, 4) is 0 Å². The SMILES string of the molecule is Cl.Cl.NCC1(C(=O)N2CCN(CC(F)(F)C(F)F)CC2)CCOCC1. The molecule has 11 heteroatoms. The standard InChI is InChI=1S/C14H23F4N3O2.2ClH/c15-11(16)14(17,18)10-20-3-5-21(6-4-20)12(22)13(9-19)1-7-23-8-2-13;;/h11H,1-10,19H2;2*1H. The van der Waals surface area contributed by atoms with Crippen LogP contribution in [0.1, 0.15) is 12.8 Å². The van der Waals surface area contributed by atoms with E-state index >= 15 is 0 Å². The number of carbonyl (C=O) groups excluding carboxylic acids is 1. The van der Waals surface area contributed by atoms with Crippen molar-refractivity contribution in [1.82, 2.24) is 9.80 Å². The van der Waals surface area contributed by atoms with Gasteiger partial charge in [0, 0.05) is 45.9 Å². The predicted molar refractivity (Wildman–Crippen MR) is 90.0 cm³/mol. The molecule has 0 aromatic rings. The van der Waals surface area contributed by atoms with Crippen molar-refractivity contribution >= 4 is 30.7 Å². The summed E-state index contributed by atoms with van der Waals surface area (Å²) < 4.78 is 55.9. The molecular weight excluding hydrogens is 389 g/mol. The van der Waals surface area contributed by atoms with Crippen LogP contribution in [0.4, 0.5) is 17.6 Å². The van der Waals surface area contributed by atoms with Gasteiger partial charge in [-0.2, -0.15) is 8.78 Å². The zero-order chi connectivity index (χ0) is 17.1. The number of alkyl halides is 4. The fourth-order valence-corrected chi connectivity index (χ4v) is 3.08. The molecule has 2 heterocycles. The summed E-state index contributed by atoms with van der Waals surface area (Å²) >= 11 is 0. The minimum absolute atomic E-state index is 0. The second kappa shape index (κ2) is 10.1. The van der Waals surface area contributed by atoms with Crippen LogP contribution in [0.15, 0.2) is 0 Å². The Balaban J connectivity index is 0.00000288. The van der Waals surface area contributed by atoms with Crippen LogP contribution in [0.5, 0.6) is 0 Å². The van der Waals surface area contributed by atoms with Gasteiger partial charge in [0.05, 0.1) is 12.0 Å². The van der Waals surface area contributed by atoms with Gasteiger partial charge in [0.2, 0.25) is 5.91 Å². The summed E-state index contributed by atoms with van der Waals surface area (Å²) in [5, 5.41) is 0. The maximum absolute atomic E-state index is 13.1. The van der Waals surface area contributed by atoms with Crippen LogP contribution in [0, 0.1) is 5.41 Å². The predicted octanol–water partition coefficient (Wildman–Crippen LogP) is 1.63. The van der Waals surface area contributed by atoms with Crippen molar-refractivity contribution < 1.29 is 27.1 Å². The van der Waals surface area contributed by atoms with Gasteiger partial charge in [0.25, 0.3) is 0 Å². The van der Waals surface area contributed by atoms with Crippen molar-refractivity contribution in [2.75, 3.05) is 52.5 Å². The molecule has 0 aromatic carbocycles. The average molecular weight is 414 g/mol. The molecule has 150 valence electrons. The number of ether oxygens (including phenoxy) is 1. The highest BCUT2D eigenvalue weighted by atomic mass is 35.5. The lowest BCUT2D eigenvalue weighted by molar-refractivity contribution is -0.155. The molecule has 0 saturated carbocycles. The second-order valence-corrected chi connectivity index (χ2v) is 6.23. The van der Waals surface area contributed by atoms with Gasteiger partial charge in [-0.1, -0.05) is 0 Å². The third-order valence-electron chi connectivity index (χ3n) is 4.71. The normalized spacial score (nSPS) is 21.4. The number of halogens is 6. The minimum atomic E-state index is -4.02. The van der Waals surface area contributed by atoms with Gasteiger partial charge < -0.3 is 15.4 Å². The molecule has 25 heavy (non-hydrogen) atoms. The lowest BCUT2D eigenvalue weighted by Gasteiger charge is -2.42. The highest BCUT2D eigenvalue weighted by Crippen LogP contribution is 2.32. The Morgan fingerprint density at radius 2 is 1.64 bits per heavy atom. The van der Waals surface area contributed by atoms with Crippen molar-refractivity contribution in [2.24, 2.45) is 11.1 Å². The first-order valence-corrected chi connectivity index (χ1v) is 7.76. The number of hydrogen-bond acceptors (Lipinski definition) is 4. The quantitative estimate of drug-likeness (QED) is 0.695. The first-order chi connectivity index (χ1) is 10.8. The largest absolute Gasteiger partial charge is 0.381 e. The van der Waals surface area contributed by atoms with Crippen LogP contribution in [-0.2, 0) is 9.53 Å². The van der Waals surface area contributed by atoms with Gasteiger partial charge in [0.15, 0.2) is 0 Å². The van der Waals surface area contributed by atoms with E-state index in [0.717, 1.165) is 0 Å². The van der Waals surface area contributed by atoms with Gasteiger partial charge in [-0.25, -0.2) is 8.78 Å². The first-order valence-electron chi connectivity index (χ1n) is 7.76. The average Bonchev–Trinajstić information content (AvgIpc) is 2.55. The van der Waals surface area contributed by atoms with Crippen LogP contribution in [-0.4, -0.2) is 80.5 Å². The summed E-state index contributed by atoms with van der Waals surface area (Å²) in [6.45, 7) is 1.01. The van der Waals surface area contributed by atoms with E-state index in [4.69, 9.17) is 10.5 Å². The molecular formula is C14H25Cl2F4N3O2. The molecule has 0 unspecified atom stereocenters. The Labute approximate surface area is 157 Å². The van der Waals surface area contributed by atoms with E-state index in [0.29, 0.717) is 26.1 Å². The molecule has 0 aromatic heterocycles. The topological polar surface area (TPSA) is 58.8 Å². The van der Waals surface area contributed by atoms with Crippen LogP contribution >= 0.6 is 24.8 Å². The maximum Gasteiger partial charge on any atom is 0.319 e. The molecule has 0 spiro atoms. The molecule has 5 nitrogen and oxygen atoms in total. The summed E-state index contributed by atoms with van der Waals surface area (Å²) in [5.41, 5.74) is 5.15. The molecule has 0 aliphatic carbocycles. The third kappa shape index (κ3) is 5.82. The molecule has 2 rings (SSSR count). The Kier molecular flexibility index (Phi) is 9.96. The third-order valence-corrected chi connectivity index (χ3v) is 4.71. The van der Waals surface area contributed by atoms with Gasteiger partial charge in [-0.05, 0) is 12.8 Å². The molecule has 2 fully saturated rings. The molecule has 0 atom stereocenters. The van der Waals surface area contributed by atoms with Crippen LogP contribution in [0.25, 0.3) is 0 Å². The molecule has 2 aliphatic rings. The van der Waals surface area contributed by atoms with E-state index in [-0.39, 0.29) is 63.4 Å². The molecule has 0 bridgehead atoms. The smallest absolute Gasteiger partial charge is 0.319 e. The second-order valence-electron chi connectivity index (χ2n) is 6.23. The number of piperazine rings is 1. The molecule has 2 aliphatic heterocycles. The van der Waals surface area contributed by atoms with Crippen molar-refractivity contribution in [3.63, 3.8) is 0 Å². The highest BCUT2D eigenvalue weighted by Gasteiger charge is 2.45. The van der Waals surface area contributed by atoms with Crippen LogP contribution < -0.4 is 5.73 Å². The Bertz CT molecular complexity index is 419. The monoisotopic (exact) mass is 413 g/mol. The highest BCUT2D eigenvalue weighted by molar-refractivity contribution is 5.85. The van der Waals surface area contributed by atoms with Crippen molar-refractivity contribution in [2.45, 2.75) is 25.2 Å². The Morgan fingerprint density at radius 1 is 1.12 bits per heavy atom. The van der Waals surface area contributed by atoms with Crippen LogP contribution in [0.3, 0.4) is 0 Å². The number of hydrogen-bond donors (Lipinski definition) is 1. The molecule has 1 amide bonds. The summed E-state index contributed by atoms with van der Waals surface area (Å²) in [6, 6.07) is 0. The first kappa shape index (κ1) is 24.7. The summed E-state index contributed by atoms with van der Waals surface area (Å²) in [5.74, 6) is -4.10. The number of nitrogens with zero attached hydrogens (tertiary/aromatic N) is 2. The van der Waals surface area contributed by atoms with Crippen molar-refractivity contribution in [1.29, 1.82) is 0 Å². The lowest BCUT2D eigenvalue weighted by atomic mass is 9.78. The van der Waals surface area contributed by atoms with E-state index in [1.165, 1.54) is 4.90 Å². The number of rotatable bonds is 5. The zero-order valence-electron chi connectivity index (χ0n) is 13.8. The van der Waals surface area contributed by atoms with E-state index in [1.807, 2.05) is 0 Å². The van der Waals surface area contributed by atoms with Crippen LogP contribution in [0.2, 0.25) is 0 Å². The molecule has 0 radical (unpaired) electrons. The zero-order valence-corrected chi connectivity index (χ0v) is 15.4. The van der Waals surface area contributed by atoms with E-state index in [1.54, 1.807) is 4.90 Å². The van der Waals surface area contributed by atoms with Gasteiger partial charge in [0.1, 0.15) is 0 Å². The fraction of sp³-hybridized carbons (Fsp3) is 0.929. The van der Waals surface area contributed by atoms with Gasteiger partial charge in [-0.15, -0.1) is 24.8 Å². The molecule has 2 saturated heterocycles. The number of nitrogens with two attached hydrogens (primary N) is 1. The van der Waals surface area contributed by atoms with E-state index in [9.17, 15) is 22.4 Å².